The SMILES string of the molecule is Cc1cc(C)c2c(c1)N(c1cc3c4c(c1)N(c1cccc5c1oc1ccccc15)c1cc(C(C)(C)C)ccc1B4c1ccc(C(C)(C)C)cc1N3c1ccc(C(C)(C)C)cc1-c1ccccc1)C1(C)CCCCC21C. The average molecular weight is 982 g/mol. The molecule has 4 nitrogen and oxygen atoms in total. The minimum absolute atomic E-state index is 0.0427. The summed E-state index contributed by atoms with van der Waals surface area (Å²) in [6.45, 7) is 30.9. The first-order valence-corrected chi connectivity index (χ1v) is 27.7. The zero-order chi connectivity index (χ0) is 52.3. The van der Waals surface area contributed by atoms with Crippen molar-refractivity contribution in [1.29, 1.82) is 0 Å². The lowest BCUT2D eigenvalue weighted by molar-refractivity contribution is 0.194. The minimum Gasteiger partial charge on any atom is -0.454 e. The number of fused-ring (bicyclic) bond motifs is 10. The average Bonchev–Trinajstić information content (AvgIpc) is 3.87. The van der Waals surface area contributed by atoms with E-state index in [9.17, 15) is 0 Å². The number of nitrogens with zero attached hydrogens (tertiary/aromatic N) is 3. The molecule has 0 N–H and O–H groups in total. The van der Waals surface area contributed by atoms with Gasteiger partial charge >= 0.3 is 0 Å². The Balaban J connectivity index is 1.21. The third-order valence-corrected chi connectivity index (χ3v) is 18.4. The van der Waals surface area contributed by atoms with Crippen LogP contribution in [-0.4, -0.2) is 12.3 Å². The van der Waals surface area contributed by atoms with Crippen LogP contribution in [0.3, 0.4) is 0 Å². The summed E-state index contributed by atoms with van der Waals surface area (Å²) in [4.78, 5) is 8.13. The number of aryl methyl sites for hydroxylation is 2. The first-order chi connectivity index (χ1) is 35.7. The predicted molar refractivity (Wildman–Crippen MR) is 322 cm³/mol. The molecule has 0 radical (unpaired) electrons. The van der Waals surface area contributed by atoms with Crippen molar-refractivity contribution in [2.75, 3.05) is 14.7 Å². The molecule has 1 aliphatic carbocycles. The van der Waals surface area contributed by atoms with Crippen LogP contribution in [0.1, 0.15) is 135 Å². The van der Waals surface area contributed by atoms with Gasteiger partial charge in [0.25, 0.3) is 6.71 Å². The number of para-hydroxylation sites is 2. The molecule has 2 unspecified atom stereocenters. The topological polar surface area (TPSA) is 22.9 Å². The number of hydrogen-bond donors (Lipinski definition) is 0. The van der Waals surface area contributed by atoms with Gasteiger partial charge in [0.2, 0.25) is 0 Å². The molecule has 13 rings (SSSR count). The van der Waals surface area contributed by atoms with Crippen LogP contribution in [0.4, 0.5) is 45.5 Å². The summed E-state index contributed by atoms with van der Waals surface area (Å²) in [5.74, 6) is 0. The Morgan fingerprint density at radius 1 is 0.493 bits per heavy atom. The molecule has 0 amide bonds. The maximum absolute atomic E-state index is 7.10. The lowest BCUT2D eigenvalue weighted by Gasteiger charge is -2.51. The second-order valence-electron chi connectivity index (χ2n) is 26.3. The van der Waals surface area contributed by atoms with Gasteiger partial charge in [-0.05, 0) is 160 Å². The molecule has 8 aromatic carbocycles. The number of hydrogen-bond acceptors (Lipinski definition) is 4. The van der Waals surface area contributed by atoms with E-state index in [1.807, 2.05) is 0 Å². The monoisotopic (exact) mass is 982 g/mol. The van der Waals surface area contributed by atoms with Gasteiger partial charge in [-0.15, -0.1) is 0 Å². The Morgan fingerprint density at radius 3 is 1.72 bits per heavy atom. The van der Waals surface area contributed by atoms with E-state index in [4.69, 9.17) is 4.42 Å². The van der Waals surface area contributed by atoms with Gasteiger partial charge in [0.05, 0.1) is 16.9 Å². The van der Waals surface area contributed by atoms with Gasteiger partial charge in [-0.3, -0.25) is 0 Å². The van der Waals surface area contributed by atoms with Crippen LogP contribution in [0.2, 0.25) is 0 Å². The van der Waals surface area contributed by atoms with Gasteiger partial charge in [-0.2, -0.15) is 0 Å². The van der Waals surface area contributed by atoms with Crippen molar-refractivity contribution < 1.29 is 4.42 Å². The fourth-order valence-electron chi connectivity index (χ4n) is 14.3. The van der Waals surface area contributed by atoms with Crippen molar-refractivity contribution >= 4 is 90.5 Å². The Hall–Kier alpha value is -6.98. The van der Waals surface area contributed by atoms with Crippen LogP contribution in [0.5, 0.6) is 0 Å². The molecule has 9 aromatic rings. The second kappa shape index (κ2) is 16.3. The second-order valence-corrected chi connectivity index (χ2v) is 26.3. The molecule has 75 heavy (non-hydrogen) atoms. The van der Waals surface area contributed by atoms with E-state index in [1.165, 1.54) is 114 Å². The molecule has 0 saturated heterocycles. The van der Waals surface area contributed by atoms with E-state index >= 15 is 0 Å². The first-order valence-electron chi connectivity index (χ1n) is 27.7. The van der Waals surface area contributed by atoms with Gasteiger partial charge in [-0.25, -0.2) is 0 Å². The van der Waals surface area contributed by atoms with Gasteiger partial charge in [0.15, 0.2) is 5.58 Å². The van der Waals surface area contributed by atoms with Gasteiger partial charge < -0.3 is 19.1 Å². The fraction of sp³-hybridized carbons (Fsp3) is 0.314. The zero-order valence-corrected chi connectivity index (χ0v) is 46.6. The summed E-state index contributed by atoms with van der Waals surface area (Å²) < 4.78 is 7.10. The third kappa shape index (κ3) is 7.01. The van der Waals surface area contributed by atoms with Crippen LogP contribution < -0.4 is 31.1 Å². The highest BCUT2D eigenvalue weighted by molar-refractivity contribution is 7.00. The predicted octanol–water partition coefficient (Wildman–Crippen LogP) is 17.6. The summed E-state index contributed by atoms with van der Waals surface area (Å²) in [6.07, 6.45) is 4.71. The quantitative estimate of drug-likeness (QED) is 0.164. The number of benzene rings is 8. The van der Waals surface area contributed by atoms with Crippen molar-refractivity contribution in [3.8, 4) is 11.1 Å². The van der Waals surface area contributed by atoms with E-state index in [1.54, 1.807) is 0 Å². The summed E-state index contributed by atoms with van der Waals surface area (Å²) >= 11 is 0. The Labute approximate surface area is 446 Å². The number of anilines is 8. The summed E-state index contributed by atoms with van der Waals surface area (Å²) in [6, 6.07) is 58.7. The van der Waals surface area contributed by atoms with Crippen molar-refractivity contribution in [3.63, 3.8) is 0 Å². The van der Waals surface area contributed by atoms with Crippen molar-refractivity contribution in [1.82, 2.24) is 0 Å². The molecule has 1 saturated carbocycles. The molecule has 2 atom stereocenters. The molecule has 4 heterocycles. The molecular formula is C70H72BN3O. The molecule has 1 aromatic heterocycles. The highest BCUT2D eigenvalue weighted by Crippen LogP contribution is 2.63. The van der Waals surface area contributed by atoms with Crippen molar-refractivity contribution in [3.05, 3.63) is 185 Å². The molecule has 3 aliphatic heterocycles. The summed E-state index contributed by atoms with van der Waals surface area (Å²) in [5.41, 5.74) is 25.6. The van der Waals surface area contributed by atoms with Gasteiger partial charge in [-0.1, -0.05) is 179 Å². The van der Waals surface area contributed by atoms with Crippen LogP contribution in [0.15, 0.2) is 156 Å². The molecule has 5 heteroatoms. The smallest absolute Gasteiger partial charge is 0.252 e. The zero-order valence-electron chi connectivity index (χ0n) is 46.6. The molecular weight excluding hydrogens is 910 g/mol. The van der Waals surface area contributed by atoms with Crippen LogP contribution in [-0.2, 0) is 21.7 Å². The Bertz CT molecular complexity index is 3820. The molecule has 1 fully saturated rings. The van der Waals surface area contributed by atoms with Crippen molar-refractivity contribution in [2.24, 2.45) is 0 Å². The molecule has 0 bridgehead atoms. The normalized spacial score (nSPS) is 19.1. The van der Waals surface area contributed by atoms with Gasteiger partial charge in [0, 0.05) is 55.9 Å². The lowest BCUT2D eigenvalue weighted by atomic mass is 9.33. The molecule has 376 valence electrons. The molecule has 0 spiro atoms. The van der Waals surface area contributed by atoms with E-state index in [0.29, 0.717) is 0 Å². The minimum atomic E-state index is -0.178. The number of rotatable bonds is 4. The summed E-state index contributed by atoms with van der Waals surface area (Å²) in [5, 5.41) is 2.26. The van der Waals surface area contributed by atoms with Crippen LogP contribution >= 0.6 is 0 Å². The summed E-state index contributed by atoms with van der Waals surface area (Å²) in [7, 11) is 0. The highest BCUT2D eigenvalue weighted by Gasteiger charge is 2.59. The lowest BCUT2D eigenvalue weighted by Crippen LogP contribution is -2.61. The fourth-order valence-corrected chi connectivity index (χ4v) is 14.3. The largest absolute Gasteiger partial charge is 0.454 e. The van der Waals surface area contributed by atoms with Crippen molar-refractivity contribution in [2.45, 2.75) is 143 Å². The Morgan fingerprint density at radius 2 is 1.07 bits per heavy atom. The third-order valence-electron chi connectivity index (χ3n) is 18.4. The standard InChI is InChI=1S/C70H72BN3O/c1-43-36-44(2)63-59(37-43)74(70(13)35-20-19-34-69(63,70)12)49-41-60-64-61(42-49)73(56-26-21-25-51-50-24-17-18-27-62(50)75-65(51)56)58-40-48(68(9,10)11)29-32-54(58)71(64)53-31-28-47(67(6,7)8)39-57(53)72(60)55-33-30-46(66(3,4)5)38-52(55)45-22-15-14-16-23-45/h14-18,21-33,36-42H,19-20,34-35H2,1-13H3. The number of furan rings is 1. The van der Waals surface area contributed by atoms with E-state index in [2.05, 4.69) is 256 Å². The Kier molecular flexibility index (Phi) is 10.3. The molecule has 4 aliphatic rings. The van der Waals surface area contributed by atoms with E-state index < -0.39 is 0 Å². The maximum atomic E-state index is 7.10. The van der Waals surface area contributed by atoms with Crippen LogP contribution in [0.25, 0.3) is 33.1 Å². The maximum Gasteiger partial charge on any atom is 0.252 e. The first kappa shape index (κ1) is 47.7. The highest BCUT2D eigenvalue weighted by atomic mass is 16.3. The van der Waals surface area contributed by atoms with E-state index in [-0.39, 0.29) is 33.9 Å². The van der Waals surface area contributed by atoms with Crippen LogP contribution in [0, 0.1) is 13.8 Å². The van der Waals surface area contributed by atoms with E-state index in [0.717, 1.165) is 40.5 Å². The van der Waals surface area contributed by atoms with Gasteiger partial charge in [0.1, 0.15) is 5.58 Å².